The van der Waals surface area contributed by atoms with E-state index in [-0.39, 0.29) is 0 Å². The summed E-state index contributed by atoms with van der Waals surface area (Å²) in [5, 5.41) is 7.00. The molecular formula is C11H16O. The van der Waals surface area contributed by atoms with E-state index in [1.54, 1.807) is 0 Å². The molecule has 0 aromatic carbocycles. The summed E-state index contributed by atoms with van der Waals surface area (Å²) in [6.07, 6.45) is 19.0. The minimum absolute atomic E-state index is 1.00. The molecule has 0 bridgehead atoms. The lowest BCUT2D eigenvalue weighted by Crippen LogP contribution is -1.37. The Morgan fingerprint density at radius 2 is 0.917 bits per heavy atom. The Hall–Kier alpha value is -1.08. The summed E-state index contributed by atoms with van der Waals surface area (Å²) < 4.78 is 0. The predicted octanol–water partition coefficient (Wildman–Crippen LogP) is 2.61. The van der Waals surface area contributed by atoms with E-state index in [1.807, 2.05) is 0 Å². The Balaban J connectivity index is 0.000000168. The Morgan fingerprint density at radius 1 is 0.667 bits per heavy atom. The fourth-order valence-corrected chi connectivity index (χ4v) is 0.786. The number of hydrogen-bond donors (Lipinski definition) is 1. The number of rotatable bonds is 0. The van der Waals surface area contributed by atoms with Crippen molar-refractivity contribution in [2.24, 2.45) is 0 Å². The van der Waals surface area contributed by atoms with Crippen molar-refractivity contribution in [1.29, 1.82) is 0 Å². The quantitative estimate of drug-likeness (QED) is 0.583. The lowest BCUT2D eigenvalue weighted by molar-refractivity contribution is 0.399. The van der Waals surface area contributed by atoms with Crippen molar-refractivity contribution in [3.05, 3.63) is 48.6 Å². The summed E-state index contributed by atoms with van der Waals surface area (Å²) in [5.74, 6) is 0. The van der Waals surface area contributed by atoms with Crippen LogP contribution in [0.25, 0.3) is 0 Å². The van der Waals surface area contributed by atoms with Gasteiger partial charge in [0.1, 0.15) is 0 Å². The SMILES string of the molecule is C1=CCC=C1.C1=CCC=C1.CO. The van der Waals surface area contributed by atoms with E-state index in [4.69, 9.17) is 5.11 Å². The highest BCUT2D eigenvalue weighted by molar-refractivity contribution is 5.12. The average molecular weight is 164 g/mol. The molecule has 1 N–H and O–H groups in total. The minimum atomic E-state index is 1.00. The molecule has 1 heteroatoms. The molecule has 0 radical (unpaired) electrons. The van der Waals surface area contributed by atoms with Crippen LogP contribution in [0.3, 0.4) is 0 Å². The first-order valence-corrected chi connectivity index (χ1v) is 4.08. The second-order valence-corrected chi connectivity index (χ2v) is 2.18. The van der Waals surface area contributed by atoms with Crippen molar-refractivity contribution in [3.8, 4) is 0 Å². The molecule has 0 atom stereocenters. The fraction of sp³-hybridized carbons (Fsp3) is 0.273. The van der Waals surface area contributed by atoms with Gasteiger partial charge in [-0.1, -0.05) is 48.6 Å². The van der Waals surface area contributed by atoms with E-state index in [2.05, 4.69) is 48.6 Å². The van der Waals surface area contributed by atoms with Crippen LogP contribution in [0.5, 0.6) is 0 Å². The van der Waals surface area contributed by atoms with Crippen molar-refractivity contribution in [1.82, 2.24) is 0 Å². The molecule has 0 aromatic heterocycles. The van der Waals surface area contributed by atoms with Gasteiger partial charge in [-0.3, -0.25) is 0 Å². The zero-order valence-electron chi connectivity index (χ0n) is 7.48. The molecule has 0 spiro atoms. The summed E-state index contributed by atoms with van der Waals surface area (Å²) in [6, 6.07) is 0. The van der Waals surface area contributed by atoms with Crippen molar-refractivity contribution in [2.75, 3.05) is 7.11 Å². The summed E-state index contributed by atoms with van der Waals surface area (Å²) >= 11 is 0. The van der Waals surface area contributed by atoms with Crippen molar-refractivity contribution in [3.63, 3.8) is 0 Å². The standard InChI is InChI=1S/2C5H6.CH4O/c2*1-2-4-5-3-1;1-2/h2*1-4H,5H2;2H,1H3. The molecule has 12 heavy (non-hydrogen) atoms. The van der Waals surface area contributed by atoms with Crippen molar-refractivity contribution in [2.45, 2.75) is 12.8 Å². The molecule has 2 aliphatic carbocycles. The lowest BCUT2D eigenvalue weighted by atomic mass is 10.5. The van der Waals surface area contributed by atoms with E-state index in [0.29, 0.717) is 0 Å². The lowest BCUT2D eigenvalue weighted by Gasteiger charge is -1.57. The Kier molecular flexibility index (Phi) is 9.03. The normalized spacial score (nSPS) is 15.2. The first-order valence-electron chi connectivity index (χ1n) is 4.08. The average Bonchev–Trinajstić information content (AvgIpc) is 2.87. The van der Waals surface area contributed by atoms with Crippen molar-refractivity contribution >= 4 is 0 Å². The van der Waals surface area contributed by atoms with Gasteiger partial charge >= 0.3 is 0 Å². The van der Waals surface area contributed by atoms with Gasteiger partial charge in [0.2, 0.25) is 0 Å². The largest absolute Gasteiger partial charge is 0.400 e. The topological polar surface area (TPSA) is 20.2 Å². The Morgan fingerprint density at radius 3 is 1.00 bits per heavy atom. The highest BCUT2D eigenvalue weighted by Gasteiger charge is 1.72. The van der Waals surface area contributed by atoms with Gasteiger partial charge in [-0.25, -0.2) is 0 Å². The van der Waals surface area contributed by atoms with E-state index >= 15 is 0 Å². The molecule has 0 aromatic rings. The highest BCUT2D eigenvalue weighted by atomic mass is 16.2. The number of aliphatic hydroxyl groups excluding tert-OH is 1. The highest BCUT2D eigenvalue weighted by Crippen LogP contribution is 1.93. The van der Waals surface area contributed by atoms with E-state index in [0.717, 1.165) is 20.0 Å². The van der Waals surface area contributed by atoms with Crippen LogP contribution in [0.2, 0.25) is 0 Å². The van der Waals surface area contributed by atoms with Crippen LogP contribution in [0.15, 0.2) is 48.6 Å². The second-order valence-electron chi connectivity index (χ2n) is 2.18. The molecule has 0 fully saturated rings. The molecule has 66 valence electrons. The van der Waals surface area contributed by atoms with Gasteiger partial charge in [-0.2, -0.15) is 0 Å². The van der Waals surface area contributed by atoms with Crippen LogP contribution in [-0.4, -0.2) is 12.2 Å². The van der Waals surface area contributed by atoms with Gasteiger partial charge in [0.15, 0.2) is 0 Å². The number of allylic oxidation sites excluding steroid dienone is 8. The molecule has 0 saturated heterocycles. The zero-order valence-corrected chi connectivity index (χ0v) is 7.48. The van der Waals surface area contributed by atoms with Gasteiger partial charge in [0, 0.05) is 7.11 Å². The first kappa shape index (κ1) is 10.9. The number of aliphatic hydroxyl groups is 1. The van der Waals surface area contributed by atoms with Crippen LogP contribution in [0.4, 0.5) is 0 Å². The van der Waals surface area contributed by atoms with Gasteiger partial charge in [0.25, 0.3) is 0 Å². The predicted molar refractivity (Wildman–Crippen MR) is 53.9 cm³/mol. The molecule has 2 rings (SSSR count). The van der Waals surface area contributed by atoms with Crippen LogP contribution in [0, 0.1) is 0 Å². The molecule has 2 aliphatic rings. The Labute approximate surface area is 74.4 Å². The van der Waals surface area contributed by atoms with Crippen LogP contribution in [0.1, 0.15) is 12.8 Å². The van der Waals surface area contributed by atoms with Gasteiger partial charge < -0.3 is 5.11 Å². The molecule has 0 aliphatic heterocycles. The smallest absolute Gasteiger partial charge is 0.0319 e. The minimum Gasteiger partial charge on any atom is -0.400 e. The second kappa shape index (κ2) is 9.92. The maximum absolute atomic E-state index is 7.00. The van der Waals surface area contributed by atoms with Gasteiger partial charge in [-0.15, -0.1) is 0 Å². The summed E-state index contributed by atoms with van der Waals surface area (Å²) in [6.45, 7) is 0. The van der Waals surface area contributed by atoms with Crippen LogP contribution < -0.4 is 0 Å². The third kappa shape index (κ3) is 7.03. The maximum Gasteiger partial charge on any atom is 0.0319 e. The first-order chi connectivity index (χ1) is 6.00. The number of hydrogen-bond acceptors (Lipinski definition) is 1. The molecular weight excluding hydrogens is 148 g/mol. The molecule has 0 saturated carbocycles. The third-order valence-corrected chi connectivity index (χ3v) is 1.31. The van der Waals surface area contributed by atoms with E-state index in [9.17, 15) is 0 Å². The third-order valence-electron chi connectivity index (χ3n) is 1.31. The molecule has 0 heterocycles. The summed E-state index contributed by atoms with van der Waals surface area (Å²) in [5.41, 5.74) is 0. The zero-order chi connectivity index (χ0) is 9.07. The molecule has 0 unspecified atom stereocenters. The maximum atomic E-state index is 7.00. The van der Waals surface area contributed by atoms with Gasteiger partial charge in [0.05, 0.1) is 0 Å². The molecule has 0 amide bonds. The van der Waals surface area contributed by atoms with Crippen LogP contribution in [-0.2, 0) is 0 Å². The van der Waals surface area contributed by atoms with E-state index in [1.165, 1.54) is 0 Å². The van der Waals surface area contributed by atoms with E-state index < -0.39 is 0 Å². The van der Waals surface area contributed by atoms with Gasteiger partial charge in [-0.05, 0) is 12.8 Å². The van der Waals surface area contributed by atoms with Crippen LogP contribution >= 0.6 is 0 Å². The molecule has 1 nitrogen and oxygen atoms in total. The summed E-state index contributed by atoms with van der Waals surface area (Å²) in [7, 11) is 1.00. The monoisotopic (exact) mass is 164 g/mol. The Bertz CT molecular complexity index is 143. The van der Waals surface area contributed by atoms with Crippen molar-refractivity contribution < 1.29 is 5.11 Å². The fourth-order valence-electron chi connectivity index (χ4n) is 0.786. The summed E-state index contributed by atoms with van der Waals surface area (Å²) in [4.78, 5) is 0.